The highest BCUT2D eigenvalue weighted by atomic mass is 15.1. The summed E-state index contributed by atoms with van der Waals surface area (Å²) in [6, 6.07) is 0.600. The quantitative estimate of drug-likeness (QED) is 0.516. The van der Waals surface area contributed by atoms with Crippen LogP contribution in [0.1, 0.15) is 47.0 Å². The zero-order valence-electron chi connectivity index (χ0n) is 11.2. The molecule has 0 radical (unpaired) electrons. The van der Waals surface area contributed by atoms with E-state index in [4.69, 9.17) is 11.1 Å². The first-order valence-corrected chi connectivity index (χ1v) is 6.41. The summed E-state index contributed by atoms with van der Waals surface area (Å²) in [4.78, 5) is 2.53. The maximum atomic E-state index is 7.56. The van der Waals surface area contributed by atoms with E-state index >= 15 is 0 Å². The Morgan fingerprint density at radius 2 is 2.00 bits per heavy atom. The van der Waals surface area contributed by atoms with E-state index < -0.39 is 0 Å². The van der Waals surface area contributed by atoms with Gasteiger partial charge in [0.1, 0.15) is 0 Å². The van der Waals surface area contributed by atoms with Gasteiger partial charge < -0.3 is 10.6 Å². The molecule has 16 heavy (non-hydrogen) atoms. The molecule has 0 heterocycles. The van der Waals surface area contributed by atoms with Crippen LogP contribution in [-0.2, 0) is 0 Å². The number of nitrogens with two attached hydrogens (primary N) is 1. The molecule has 94 valence electrons. The first kappa shape index (κ1) is 13.5. The Bertz CT molecular complexity index is 242. The van der Waals surface area contributed by atoms with Crippen LogP contribution in [0.2, 0.25) is 0 Å². The smallest absolute Gasteiger partial charge is 0.0963 e. The summed E-state index contributed by atoms with van der Waals surface area (Å²) in [5, 5.41) is 7.56. The van der Waals surface area contributed by atoms with Gasteiger partial charge in [0, 0.05) is 18.0 Å². The fourth-order valence-electron chi connectivity index (χ4n) is 1.75. The predicted octanol–water partition coefficient (Wildman–Crippen LogP) is 2.46. The van der Waals surface area contributed by atoms with E-state index in [0.717, 1.165) is 18.9 Å². The van der Waals surface area contributed by atoms with Crippen molar-refractivity contribution in [1.29, 1.82) is 5.41 Å². The summed E-state index contributed by atoms with van der Waals surface area (Å²) >= 11 is 0. The third-order valence-corrected chi connectivity index (χ3v) is 3.67. The molecule has 0 atom stereocenters. The van der Waals surface area contributed by atoms with E-state index in [9.17, 15) is 0 Å². The average molecular weight is 225 g/mol. The molecule has 0 spiro atoms. The van der Waals surface area contributed by atoms with Crippen molar-refractivity contribution in [2.24, 2.45) is 17.1 Å². The predicted molar refractivity (Wildman–Crippen MR) is 69.7 cm³/mol. The Kier molecular flexibility index (Phi) is 4.36. The molecule has 0 aliphatic heterocycles. The van der Waals surface area contributed by atoms with Crippen molar-refractivity contribution in [2.75, 3.05) is 13.1 Å². The van der Waals surface area contributed by atoms with Crippen molar-refractivity contribution in [2.45, 2.75) is 53.0 Å². The van der Waals surface area contributed by atoms with Gasteiger partial charge in [-0.1, -0.05) is 13.8 Å². The fraction of sp³-hybridized carbons (Fsp3) is 0.923. The van der Waals surface area contributed by atoms with E-state index in [1.54, 1.807) is 0 Å². The van der Waals surface area contributed by atoms with Crippen molar-refractivity contribution < 1.29 is 0 Å². The van der Waals surface area contributed by atoms with Crippen molar-refractivity contribution in [1.82, 2.24) is 4.90 Å². The Morgan fingerprint density at radius 3 is 2.38 bits per heavy atom. The third-order valence-electron chi connectivity index (χ3n) is 3.67. The molecule has 3 nitrogen and oxygen atoms in total. The lowest BCUT2D eigenvalue weighted by Gasteiger charge is -2.31. The molecule has 0 bridgehead atoms. The molecule has 1 fully saturated rings. The Balaban J connectivity index is 2.39. The number of amidine groups is 1. The van der Waals surface area contributed by atoms with Crippen molar-refractivity contribution >= 4 is 5.84 Å². The molecule has 0 aromatic carbocycles. The van der Waals surface area contributed by atoms with Crippen LogP contribution >= 0.6 is 0 Å². The van der Waals surface area contributed by atoms with Gasteiger partial charge in [-0.2, -0.15) is 0 Å². The normalized spacial score (nSPS) is 17.1. The summed E-state index contributed by atoms with van der Waals surface area (Å²) in [7, 11) is 0. The second-order valence-corrected chi connectivity index (χ2v) is 6.08. The van der Waals surface area contributed by atoms with Crippen LogP contribution < -0.4 is 5.73 Å². The van der Waals surface area contributed by atoms with Crippen molar-refractivity contribution in [3.8, 4) is 0 Å². The minimum Gasteiger partial charge on any atom is -0.387 e. The second-order valence-electron chi connectivity index (χ2n) is 6.08. The largest absolute Gasteiger partial charge is 0.387 e. The van der Waals surface area contributed by atoms with Crippen LogP contribution in [0.25, 0.3) is 0 Å². The molecule has 0 aromatic rings. The Morgan fingerprint density at radius 1 is 1.44 bits per heavy atom. The van der Waals surface area contributed by atoms with Gasteiger partial charge in [0.05, 0.1) is 5.84 Å². The highest BCUT2D eigenvalue weighted by molar-refractivity contribution is 5.82. The van der Waals surface area contributed by atoms with Crippen LogP contribution in [-0.4, -0.2) is 29.9 Å². The molecular formula is C13H27N3. The summed E-state index contributed by atoms with van der Waals surface area (Å²) < 4.78 is 0. The maximum Gasteiger partial charge on any atom is 0.0963 e. The number of nitrogens with one attached hydrogen (secondary N) is 1. The van der Waals surface area contributed by atoms with Gasteiger partial charge in [0.25, 0.3) is 0 Å². The van der Waals surface area contributed by atoms with Crippen molar-refractivity contribution in [3.05, 3.63) is 0 Å². The molecule has 3 heteroatoms. The summed E-state index contributed by atoms with van der Waals surface area (Å²) in [6.07, 6.45) is 3.78. The van der Waals surface area contributed by atoms with Gasteiger partial charge in [0.2, 0.25) is 0 Å². The Hall–Kier alpha value is -0.570. The summed E-state index contributed by atoms with van der Waals surface area (Å²) in [5.41, 5.74) is 5.45. The molecule has 3 N–H and O–H groups in total. The summed E-state index contributed by atoms with van der Waals surface area (Å²) in [5.74, 6) is 1.24. The van der Waals surface area contributed by atoms with Gasteiger partial charge in [-0.3, -0.25) is 5.41 Å². The van der Waals surface area contributed by atoms with Crippen LogP contribution in [0.15, 0.2) is 0 Å². The van der Waals surface area contributed by atoms with Crippen LogP contribution in [0.4, 0.5) is 0 Å². The monoisotopic (exact) mass is 225 g/mol. The zero-order valence-corrected chi connectivity index (χ0v) is 11.2. The zero-order chi connectivity index (χ0) is 12.3. The average Bonchev–Trinajstić information content (AvgIpc) is 2.94. The number of hydrogen-bond donors (Lipinski definition) is 2. The lowest BCUT2D eigenvalue weighted by Crippen LogP contribution is -2.39. The molecule has 1 rings (SSSR count). The van der Waals surface area contributed by atoms with E-state index in [1.807, 2.05) is 0 Å². The van der Waals surface area contributed by atoms with E-state index in [1.165, 1.54) is 19.4 Å². The lowest BCUT2D eigenvalue weighted by molar-refractivity contribution is 0.193. The van der Waals surface area contributed by atoms with Gasteiger partial charge >= 0.3 is 0 Å². The molecule has 0 amide bonds. The van der Waals surface area contributed by atoms with Crippen molar-refractivity contribution in [3.63, 3.8) is 0 Å². The van der Waals surface area contributed by atoms with E-state index in [2.05, 4.69) is 32.6 Å². The van der Waals surface area contributed by atoms with Gasteiger partial charge in [-0.05, 0) is 45.6 Å². The highest BCUT2D eigenvalue weighted by Crippen LogP contribution is 2.31. The highest BCUT2D eigenvalue weighted by Gasteiger charge is 2.27. The molecule has 0 unspecified atom stereocenters. The molecule has 0 saturated heterocycles. The SMILES string of the molecule is CC(C)N(CCC(C)(C)C(=N)N)CC1CC1. The first-order valence-electron chi connectivity index (χ1n) is 6.41. The molecule has 0 aromatic heterocycles. The lowest BCUT2D eigenvalue weighted by atomic mass is 9.88. The summed E-state index contributed by atoms with van der Waals surface area (Å²) in [6.45, 7) is 10.9. The minimum atomic E-state index is -0.156. The van der Waals surface area contributed by atoms with Gasteiger partial charge in [-0.25, -0.2) is 0 Å². The molecule has 1 aliphatic carbocycles. The standard InChI is InChI=1S/C13H27N3/c1-10(2)16(9-11-5-6-11)8-7-13(3,4)12(14)15/h10-11H,5-9H2,1-4H3,(H3,14,15). The third kappa shape index (κ3) is 4.12. The minimum absolute atomic E-state index is 0.156. The maximum absolute atomic E-state index is 7.56. The van der Waals surface area contributed by atoms with Crippen LogP contribution in [0, 0.1) is 16.7 Å². The fourth-order valence-corrected chi connectivity index (χ4v) is 1.75. The Labute approximate surface area is 99.9 Å². The molecule has 1 saturated carbocycles. The van der Waals surface area contributed by atoms with Gasteiger partial charge in [0.15, 0.2) is 0 Å². The number of hydrogen-bond acceptors (Lipinski definition) is 2. The van der Waals surface area contributed by atoms with Crippen LogP contribution in [0.3, 0.4) is 0 Å². The van der Waals surface area contributed by atoms with Crippen LogP contribution in [0.5, 0.6) is 0 Å². The van der Waals surface area contributed by atoms with E-state index in [0.29, 0.717) is 11.9 Å². The number of nitrogens with zero attached hydrogens (tertiary/aromatic N) is 1. The second kappa shape index (κ2) is 5.17. The van der Waals surface area contributed by atoms with E-state index in [-0.39, 0.29) is 5.41 Å². The topological polar surface area (TPSA) is 53.1 Å². The molecular weight excluding hydrogens is 198 g/mol. The first-order chi connectivity index (χ1) is 7.33. The molecule has 1 aliphatic rings. The number of rotatable bonds is 7. The van der Waals surface area contributed by atoms with Gasteiger partial charge in [-0.15, -0.1) is 0 Å².